The normalized spacial score (nSPS) is 14.9. The molecule has 0 saturated heterocycles. The van der Waals surface area contributed by atoms with Gasteiger partial charge in [0.25, 0.3) is 5.91 Å². The van der Waals surface area contributed by atoms with E-state index in [4.69, 9.17) is 14.2 Å². The predicted molar refractivity (Wildman–Crippen MR) is 113 cm³/mol. The van der Waals surface area contributed by atoms with Gasteiger partial charge >= 0.3 is 0 Å². The van der Waals surface area contributed by atoms with Crippen molar-refractivity contribution < 1.29 is 23.8 Å². The van der Waals surface area contributed by atoms with Crippen molar-refractivity contribution in [3.05, 3.63) is 48.0 Å². The molecule has 0 radical (unpaired) electrons. The van der Waals surface area contributed by atoms with Crippen LogP contribution in [0, 0.1) is 0 Å². The summed E-state index contributed by atoms with van der Waals surface area (Å²) in [6.07, 6.45) is 0. The Kier molecular flexibility index (Phi) is 5.96. The van der Waals surface area contributed by atoms with Crippen LogP contribution >= 0.6 is 0 Å². The fraction of sp³-hybridized carbons (Fsp3) is 0.318. The molecule has 30 heavy (non-hydrogen) atoms. The number of benzene rings is 2. The molecule has 1 aliphatic rings. The molecule has 2 aromatic rings. The van der Waals surface area contributed by atoms with Gasteiger partial charge in [0.2, 0.25) is 5.91 Å². The molecule has 8 nitrogen and oxygen atoms in total. The zero-order chi connectivity index (χ0) is 21.9. The summed E-state index contributed by atoms with van der Waals surface area (Å²) >= 11 is 0. The van der Waals surface area contributed by atoms with Crippen LogP contribution in [0.4, 0.5) is 5.69 Å². The van der Waals surface area contributed by atoms with Crippen LogP contribution in [-0.2, 0) is 9.59 Å². The second-order valence-corrected chi connectivity index (χ2v) is 7.19. The maximum atomic E-state index is 13.0. The molecule has 1 heterocycles. The van der Waals surface area contributed by atoms with Gasteiger partial charge in [-0.1, -0.05) is 0 Å². The number of ether oxygens (including phenoxy) is 3. The summed E-state index contributed by atoms with van der Waals surface area (Å²) in [7, 11) is 4.64. The minimum atomic E-state index is -0.846. The zero-order valence-electron chi connectivity index (χ0n) is 17.7. The molecule has 0 fully saturated rings. The van der Waals surface area contributed by atoms with Gasteiger partial charge in [0.1, 0.15) is 23.7 Å². The average Bonchev–Trinajstić information content (AvgIpc) is 2.97. The first-order valence-electron chi connectivity index (χ1n) is 9.37. The number of aliphatic imine (C=N–C) groups is 1. The Bertz CT molecular complexity index is 983. The summed E-state index contributed by atoms with van der Waals surface area (Å²) in [6, 6.07) is 12.2. The van der Waals surface area contributed by atoms with Crippen LogP contribution < -0.4 is 19.5 Å². The van der Waals surface area contributed by atoms with Gasteiger partial charge in [-0.3, -0.25) is 14.6 Å². The second kappa shape index (κ2) is 8.44. The molecule has 0 aliphatic carbocycles. The Labute approximate surface area is 175 Å². The number of carbonyl (C=O) groups excluding carboxylic acids is 2. The minimum absolute atomic E-state index is 0.136. The molecule has 158 valence electrons. The lowest BCUT2D eigenvalue weighted by Crippen LogP contribution is -2.46. The van der Waals surface area contributed by atoms with Crippen LogP contribution in [0.15, 0.2) is 47.5 Å². The number of amides is 2. The van der Waals surface area contributed by atoms with E-state index in [1.807, 2.05) is 0 Å². The van der Waals surface area contributed by atoms with Gasteiger partial charge in [-0.25, -0.2) is 0 Å². The van der Waals surface area contributed by atoms with E-state index < -0.39 is 5.66 Å². The third-order valence-corrected chi connectivity index (χ3v) is 4.83. The topological polar surface area (TPSA) is 89.5 Å². The Balaban J connectivity index is 1.73. The molecule has 0 aromatic heterocycles. The average molecular weight is 411 g/mol. The molecule has 8 heteroatoms. The number of nitrogens with one attached hydrogen (secondary N) is 1. The third-order valence-electron chi connectivity index (χ3n) is 4.83. The van der Waals surface area contributed by atoms with Gasteiger partial charge in [-0.05, 0) is 50.2 Å². The number of nitrogens with zero attached hydrogens (tertiary/aromatic N) is 2. The van der Waals surface area contributed by atoms with E-state index >= 15 is 0 Å². The van der Waals surface area contributed by atoms with Crippen molar-refractivity contribution in [1.29, 1.82) is 0 Å². The number of hydrogen-bond acceptors (Lipinski definition) is 6. The van der Waals surface area contributed by atoms with Crippen LogP contribution in [0.2, 0.25) is 0 Å². The summed E-state index contributed by atoms with van der Waals surface area (Å²) in [5, 5.41) is 2.79. The molecule has 0 spiro atoms. The lowest BCUT2D eigenvalue weighted by atomic mass is 10.1. The number of methoxy groups -OCH3 is 3. The number of anilines is 1. The number of rotatable bonds is 7. The molecule has 3 rings (SSSR count). The fourth-order valence-electron chi connectivity index (χ4n) is 3.22. The smallest absolute Gasteiger partial charge is 0.275 e. The monoisotopic (exact) mass is 411 g/mol. The third kappa shape index (κ3) is 4.22. The SMILES string of the molecule is COc1ccc(C2=NC(C)(C)N(CC(=O)Nc3ccc(OC)c(OC)c3)C2=O)cc1. The maximum absolute atomic E-state index is 13.0. The zero-order valence-corrected chi connectivity index (χ0v) is 17.7. The van der Waals surface area contributed by atoms with Crippen LogP contribution in [0.1, 0.15) is 19.4 Å². The van der Waals surface area contributed by atoms with Crippen molar-refractivity contribution >= 4 is 23.2 Å². The van der Waals surface area contributed by atoms with Gasteiger partial charge in [0.15, 0.2) is 11.5 Å². The Morgan fingerprint density at radius 1 is 1.00 bits per heavy atom. The molecular weight excluding hydrogens is 386 g/mol. The Morgan fingerprint density at radius 3 is 2.27 bits per heavy atom. The van der Waals surface area contributed by atoms with Crippen molar-refractivity contribution in [3.63, 3.8) is 0 Å². The number of hydrogen-bond donors (Lipinski definition) is 1. The Morgan fingerprint density at radius 2 is 1.67 bits per heavy atom. The van der Waals surface area contributed by atoms with Gasteiger partial charge in [-0.15, -0.1) is 0 Å². The van der Waals surface area contributed by atoms with E-state index in [2.05, 4.69) is 10.3 Å². The Hall–Kier alpha value is -3.55. The standard InChI is InChI=1S/C22H25N3O5/c1-22(2)24-20(14-6-9-16(28-3)10-7-14)21(27)25(22)13-19(26)23-15-8-11-17(29-4)18(12-15)30-5/h6-12H,13H2,1-5H3,(H,23,26). The van der Waals surface area contributed by atoms with Gasteiger partial charge in [0.05, 0.1) is 21.3 Å². The summed E-state index contributed by atoms with van der Waals surface area (Å²) in [4.78, 5) is 31.6. The first-order chi connectivity index (χ1) is 14.3. The van der Waals surface area contributed by atoms with Crippen molar-refractivity contribution in [2.75, 3.05) is 33.2 Å². The van der Waals surface area contributed by atoms with E-state index in [1.165, 1.54) is 19.1 Å². The van der Waals surface area contributed by atoms with Crippen LogP contribution in [0.25, 0.3) is 0 Å². The summed E-state index contributed by atoms with van der Waals surface area (Å²) in [5.41, 5.74) is 0.693. The van der Waals surface area contributed by atoms with Gasteiger partial charge in [-0.2, -0.15) is 0 Å². The van der Waals surface area contributed by atoms with E-state index in [0.717, 1.165) is 0 Å². The molecule has 0 unspecified atom stereocenters. The summed E-state index contributed by atoms with van der Waals surface area (Å²) in [6.45, 7) is 3.46. The lowest BCUT2D eigenvalue weighted by molar-refractivity contribution is -0.131. The van der Waals surface area contributed by atoms with Crippen molar-refractivity contribution in [1.82, 2.24) is 4.90 Å². The highest BCUT2D eigenvalue weighted by atomic mass is 16.5. The molecule has 2 aromatic carbocycles. The predicted octanol–water partition coefficient (Wildman–Crippen LogP) is 2.72. The fourth-order valence-corrected chi connectivity index (χ4v) is 3.22. The van der Waals surface area contributed by atoms with E-state index in [-0.39, 0.29) is 18.4 Å². The first-order valence-corrected chi connectivity index (χ1v) is 9.37. The minimum Gasteiger partial charge on any atom is -0.497 e. The molecule has 0 atom stereocenters. The van der Waals surface area contributed by atoms with Gasteiger partial charge < -0.3 is 24.4 Å². The van der Waals surface area contributed by atoms with Crippen LogP contribution in [-0.4, -0.2) is 56.0 Å². The quantitative estimate of drug-likeness (QED) is 0.757. The molecule has 0 bridgehead atoms. The van der Waals surface area contributed by atoms with Crippen LogP contribution in [0.3, 0.4) is 0 Å². The molecule has 0 saturated carbocycles. The van der Waals surface area contributed by atoms with E-state index in [1.54, 1.807) is 63.4 Å². The van der Waals surface area contributed by atoms with E-state index in [0.29, 0.717) is 34.2 Å². The van der Waals surface area contributed by atoms with Crippen molar-refractivity contribution in [3.8, 4) is 17.2 Å². The highest BCUT2D eigenvalue weighted by molar-refractivity contribution is 6.47. The highest BCUT2D eigenvalue weighted by Crippen LogP contribution is 2.30. The van der Waals surface area contributed by atoms with Crippen LogP contribution in [0.5, 0.6) is 17.2 Å². The largest absolute Gasteiger partial charge is 0.497 e. The number of carbonyl (C=O) groups is 2. The van der Waals surface area contributed by atoms with Crippen molar-refractivity contribution in [2.45, 2.75) is 19.5 Å². The molecule has 1 N–H and O–H groups in total. The highest BCUT2D eigenvalue weighted by Gasteiger charge is 2.41. The lowest BCUT2D eigenvalue weighted by Gasteiger charge is -2.28. The molecule has 1 aliphatic heterocycles. The second-order valence-electron chi connectivity index (χ2n) is 7.19. The van der Waals surface area contributed by atoms with E-state index in [9.17, 15) is 9.59 Å². The van der Waals surface area contributed by atoms with Crippen molar-refractivity contribution in [2.24, 2.45) is 4.99 Å². The summed E-state index contributed by atoms with van der Waals surface area (Å²) < 4.78 is 15.6. The first kappa shape index (κ1) is 21.2. The van der Waals surface area contributed by atoms with Gasteiger partial charge in [0, 0.05) is 17.3 Å². The summed E-state index contributed by atoms with van der Waals surface area (Å²) in [5.74, 6) is 1.11. The maximum Gasteiger partial charge on any atom is 0.275 e. The molecule has 2 amide bonds. The molecular formula is C22H25N3O5.